The van der Waals surface area contributed by atoms with Gasteiger partial charge in [-0.05, 0) is 54.1 Å². The summed E-state index contributed by atoms with van der Waals surface area (Å²) < 4.78 is 7.52. The summed E-state index contributed by atoms with van der Waals surface area (Å²) >= 11 is 12.7. The summed E-state index contributed by atoms with van der Waals surface area (Å²) in [4.78, 5) is 17.9. The zero-order chi connectivity index (χ0) is 25.8. The SMILES string of the molecule is N#Cc1ccccc1-c1cc(-c2cc(Cl)cc(OCc3ccccc3Cl)c2)c(=O)n(-c2cccnc2)c1. The van der Waals surface area contributed by atoms with Crippen LogP contribution < -0.4 is 10.3 Å². The fourth-order valence-corrected chi connectivity index (χ4v) is 4.45. The van der Waals surface area contributed by atoms with Crippen molar-refractivity contribution in [3.63, 3.8) is 0 Å². The Morgan fingerprint density at radius 3 is 2.49 bits per heavy atom. The van der Waals surface area contributed by atoms with Gasteiger partial charge in [0.25, 0.3) is 5.56 Å². The molecule has 2 heterocycles. The lowest BCUT2D eigenvalue weighted by Gasteiger charge is -2.14. The number of halogens is 2. The third-order valence-corrected chi connectivity index (χ3v) is 6.42. The normalized spacial score (nSPS) is 10.6. The molecule has 0 aliphatic heterocycles. The first kappa shape index (κ1) is 24.3. The van der Waals surface area contributed by atoms with E-state index in [2.05, 4.69) is 11.1 Å². The van der Waals surface area contributed by atoms with Crippen molar-refractivity contribution in [3.05, 3.63) is 135 Å². The molecule has 7 heteroatoms. The van der Waals surface area contributed by atoms with Gasteiger partial charge >= 0.3 is 0 Å². The number of nitrogens with zero attached hydrogens (tertiary/aromatic N) is 3. The van der Waals surface area contributed by atoms with E-state index in [1.807, 2.05) is 30.3 Å². The van der Waals surface area contributed by atoms with E-state index < -0.39 is 0 Å². The van der Waals surface area contributed by atoms with E-state index in [0.29, 0.717) is 49.3 Å². The van der Waals surface area contributed by atoms with Crippen LogP contribution in [0.25, 0.3) is 27.9 Å². The molecule has 5 rings (SSSR count). The van der Waals surface area contributed by atoms with Gasteiger partial charge < -0.3 is 4.74 Å². The first-order valence-electron chi connectivity index (χ1n) is 11.4. The molecule has 0 amide bonds. The van der Waals surface area contributed by atoms with Crippen LogP contribution in [0.4, 0.5) is 0 Å². The summed E-state index contributed by atoms with van der Waals surface area (Å²) in [6.07, 6.45) is 4.98. The minimum absolute atomic E-state index is 0.245. The highest BCUT2D eigenvalue weighted by Gasteiger charge is 2.15. The quantitative estimate of drug-likeness (QED) is 0.233. The Kier molecular flexibility index (Phi) is 7.04. The number of ether oxygens (including phenoxy) is 1. The van der Waals surface area contributed by atoms with E-state index in [1.165, 1.54) is 4.57 Å². The topological polar surface area (TPSA) is 67.9 Å². The molecule has 0 N–H and O–H groups in total. The van der Waals surface area contributed by atoms with Crippen LogP contribution >= 0.6 is 23.2 Å². The predicted molar refractivity (Wildman–Crippen MR) is 146 cm³/mol. The number of hydrogen-bond donors (Lipinski definition) is 0. The van der Waals surface area contributed by atoms with Gasteiger partial charge in [0.2, 0.25) is 0 Å². The van der Waals surface area contributed by atoms with Crippen molar-refractivity contribution in [1.82, 2.24) is 9.55 Å². The van der Waals surface area contributed by atoms with Gasteiger partial charge in [0.15, 0.2) is 0 Å². The molecule has 0 radical (unpaired) electrons. The van der Waals surface area contributed by atoms with E-state index in [4.69, 9.17) is 27.9 Å². The third-order valence-electron chi connectivity index (χ3n) is 5.83. The number of rotatable bonds is 6. The monoisotopic (exact) mass is 523 g/mol. The van der Waals surface area contributed by atoms with E-state index in [9.17, 15) is 10.1 Å². The molecule has 2 aromatic heterocycles. The summed E-state index contributed by atoms with van der Waals surface area (Å²) in [5.41, 5.74) is 4.07. The number of benzene rings is 3. The molecule has 0 atom stereocenters. The average Bonchev–Trinajstić information content (AvgIpc) is 2.93. The standard InChI is InChI=1S/C30H19Cl2N3O2/c31-24-12-22(13-26(15-24)37-19-21-7-2-4-10-29(21)32)28-14-23(27-9-3-1-6-20(27)16-33)18-35(30(28)36)25-8-5-11-34-17-25/h1-15,17-18H,19H2. The lowest BCUT2D eigenvalue weighted by Crippen LogP contribution is -2.20. The first-order valence-corrected chi connectivity index (χ1v) is 12.1. The largest absolute Gasteiger partial charge is 0.489 e. The Hall–Kier alpha value is -4.37. The summed E-state index contributed by atoms with van der Waals surface area (Å²) in [5, 5.41) is 10.7. The highest BCUT2D eigenvalue weighted by atomic mass is 35.5. The van der Waals surface area contributed by atoms with Crippen molar-refractivity contribution in [2.24, 2.45) is 0 Å². The van der Waals surface area contributed by atoms with E-state index in [1.54, 1.807) is 73.2 Å². The lowest BCUT2D eigenvalue weighted by atomic mass is 9.98. The molecule has 5 aromatic rings. The van der Waals surface area contributed by atoms with Crippen molar-refractivity contribution in [1.29, 1.82) is 5.26 Å². The number of pyridine rings is 2. The molecule has 0 saturated heterocycles. The van der Waals surface area contributed by atoms with Gasteiger partial charge in [0.05, 0.1) is 23.5 Å². The van der Waals surface area contributed by atoms with Crippen molar-refractivity contribution in [3.8, 4) is 39.8 Å². The molecular weight excluding hydrogens is 505 g/mol. The second-order valence-electron chi connectivity index (χ2n) is 8.24. The summed E-state index contributed by atoms with van der Waals surface area (Å²) in [6, 6.07) is 27.4. The van der Waals surface area contributed by atoms with Crippen LogP contribution in [-0.4, -0.2) is 9.55 Å². The highest BCUT2D eigenvalue weighted by molar-refractivity contribution is 6.31. The van der Waals surface area contributed by atoms with Crippen molar-refractivity contribution >= 4 is 23.2 Å². The molecule has 0 saturated carbocycles. The van der Waals surface area contributed by atoms with Crippen LogP contribution in [0.5, 0.6) is 5.75 Å². The average molecular weight is 524 g/mol. The Morgan fingerprint density at radius 2 is 1.70 bits per heavy atom. The van der Waals surface area contributed by atoms with Crippen LogP contribution in [0.15, 0.2) is 108 Å². The lowest BCUT2D eigenvalue weighted by molar-refractivity contribution is 0.306. The second kappa shape index (κ2) is 10.7. The van der Waals surface area contributed by atoms with Crippen molar-refractivity contribution < 1.29 is 4.74 Å². The smallest absolute Gasteiger partial charge is 0.263 e. The van der Waals surface area contributed by atoms with Gasteiger partial charge in [0.1, 0.15) is 12.4 Å². The van der Waals surface area contributed by atoms with Gasteiger partial charge in [-0.25, -0.2) is 0 Å². The number of hydrogen-bond acceptors (Lipinski definition) is 4. The third kappa shape index (κ3) is 5.26. The number of aromatic nitrogens is 2. The van der Waals surface area contributed by atoms with Gasteiger partial charge in [-0.2, -0.15) is 5.26 Å². The Balaban J connectivity index is 1.65. The highest BCUT2D eigenvalue weighted by Crippen LogP contribution is 2.31. The molecule has 0 aliphatic rings. The number of nitriles is 1. The maximum absolute atomic E-state index is 13.7. The Labute approximate surface area is 223 Å². The van der Waals surface area contributed by atoms with E-state index in [0.717, 1.165) is 5.56 Å². The fourth-order valence-electron chi connectivity index (χ4n) is 4.03. The van der Waals surface area contributed by atoms with E-state index >= 15 is 0 Å². The van der Waals surface area contributed by atoms with Gasteiger partial charge in [-0.1, -0.05) is 59.6 Å². The second-order valence-corrected chi connectivity index (χ2v) is 9.09. The van der Waals surface area contributed by atoms with Gasteiger partial charge in [-0.3, -0.25) is 14.3 Å². The molecular formula is C30H19Cl2N3O2. The van der Waals surface area contributed by atoms with Gasteiger partial charge in [0, 0.05) is 44.7 Å². The van der Waals surface area contributed by atoms with Crippen LogP contribution in [0, 0.1) is 11.3 Å². The maximum Gasteiger partial charge on any atom is 0.263 e. The first-order chi connectivity index (χ1) is 18.0. The molecule has 5 nitrogen and oxygen atoms in total. The van der Waals surface area contributed by atoms with Crippen LogP contribution in [0.2, 0.25) is 10.0 Å². The summed E-state index contributed by atoms with van der Waals surface area (Å²) in [5.74, 6) is 0.498. The fraction of sp³-hybridized carbons (Fsp3) is 0.0333. The Morgan fingerprint density at radius 1 is 0.892 bits per heavy atom. The molecule has 0 bridgehead atoms. The molecule has 0 aliphatic carbocycles. The molecule has 0 unspecified atom stereocenters. The minimum Gasteiger partial charge on any atom is -0.489 e. The maximum atomic E-state index is 13.7. The summed E-state index contributed by atoms with van der Waals surface area (Å²) in [6.45, 7) is 0.245. The van der Waals surface area contributed by atoms with Gasteiger partial charge in [-0.15, -0.1) is 0 Å². The van der Waals surface area contributed by atoms with Crippen LogP contribution in [0.1, 0.15) is 11.1 Å². The molecule has 0 fully saturated rings. The predicted octanol–water partition coefficient (Wildman–Crippen LogP) is 7.32. The zero-order valence-corrected chi connectivity index (χ0v) is 20.9. The minimum atomic E-state index is -0.259. The zero-order valence-electron chi connectivity index (χ0n) is 19.4. The molecule has 0 spiro atoms. The molecule has 37 heavy (non-hydrogen) atoms. The summed E-state index contributed by atoms with van der Waals surface area (Å²) in [7, 11) is 0. The van der Waals surface area contributed by atoms with Crippen LogP contribution in [0.3, 0.4) is 0 Å². The van der Waals surface area contributed by atoms with Crippen LogP contribution in [-0.2, 0) is 6.61 Å². The molecule has 180 valence electrons. The van der Waals surface area contributed by atoms with Crippen molar-refractivity contribution in [2.45, 2.75) is 6.61 Å². The Bertz CT molecular complexity index is 1690. The molecule has 3 aromatic carbocycles. The van der Waals surface area contributed by atoms with E-state index in [-0.39, 0.29) is 12.2 Å². The van der Waals surface area contributed by atoms with Crippen molar-refractivity contribution in [2.75, 3.05) is 0 Å².